The molecule has 126 valence electrons. The molecule has 1 fully saturated rings. The van der Waals surface area contributed by atoms with Gasteiger partial charge in [-0.25, -0.2) is 4.39 Å². The third kappa shape index (κ3) is 4.11. The summed E-state index contributed by atoms with van der Waals surface area (Å²) in [6.07, 6.45) is 2.25. The number of rotatable bonds is 5. The molecule has 1 amide bonds. The van der Waals surface area contributed by atoms with Crippen LogP contribution in [0, 0.1) is 12.7 Å². The van der Waals surface area contributed by atoms with E-state index in [-0.39, 0.29) is 17.8 Å². The van der Waals surface area contributed by atoms with Crippen LogP contribution in [-0.2, 0) is 4.74 Å². The van der Waals surface area contributed by atoms with Gasteiger partial charge in [-0.2, -0.15) is 0 Å². The van der Waals surface area contributed by atoms with E-state index in [0.717, 1.165) is 19.4 Å². The number of aryl methyl sites for hydroxylation is 1. The van der Waals surface area contributed by atoms with Crippen LogP contribution in [0.25, 0.3) is 0 Å². The molecule has 1 aliphatic rings. The monoisotopic (exact) mass is 329 g/mol. The number of hydrogen-bond acceptors (Lipinski definition) is 3. The molecule has 0 radical (unpaired) electrons. The molecule has 1 atom stereocenters. The van der Waals surface area contributed by atoms with Crippen molar-refractivity contribution in [2.75, 3.05) is 18.5 Å². The first-order valence-corrected chi connectivity index (χ1v) is 8.04. The highest BCUT2D eigenvalue weighted by Gasteiger charge is 2.16. The maximum absolute atomic E-state index is 13.5. The van der Waals surface area contributed by atoms with Crippen LogP contribution in [0.2, 0.25) is 0 Å². The Bertz CT molecular complexity index is 709. The lowest BCUT2D eigenvalue weighted by Gasteiger charge is -2.12. The first-order valence-electron chi connectivity index (χ1n) is 8.04. The summed E-state index contributed by atoms with van der Waals surface area (Å²) in [5.74, 6) is 0.0676. The smallest absolute Gasteiger partial charge is 0.255 e. The molecule has 0 saturated carbocycles. The summed E-state index contributed by atoms with van der Waals surface area (Å²) >= 11 is 0. The predicted molar refractivity (Wildman–Crippen MR) is 90.0 cm³/mol. The third-order valence-corrected chi connectivity index (χ3v) is 4.01. The van der Waals surface area contributed by atoms with E-state index in [0.29, 0.717) is 29.2 Å². The number of nitrogens with one attached hydrogen (secondary N) is 1. The minimum Gasteiger partial charge on any atom is -0.491 e. The fourth-order valence-electron chi connectivity index (χ4n) is 2.54. The van der Waals surface area contributed by atoms with Crippen LogP contribution in [0.5, 0.6) is 5.75 Å². The van der Waals surface area contributed by atoms with Gasteiger partial charge in [-0.1, -0.05) is 6.07 Å². The molecule has 1 saturated heterocycles. The molecule has 1 unspecified atom stereocenters. The maximum atomic E-state index is 13.5. The second-order valence-corrected chi connectivity index (χ2v) is 5.89. The van der Waals surface area contributed by atoms with Crippen molar-refractivity contribution in [1.29, 1.82) is 0 Å². The molecule has 4 nitrogen and oxygen atoms in total. The Morgan fingerprint density at radius 3 is 2.75 bits per heavy atom. The number of ether oxygens (including phenoxy) is 2. The number of carbonyl (C=O) groups is 1. The van der Waals surface area contributed by atoms with Gasteiger partial charge in [0.15, 0.2) is 0 Å². The zero-order valence-electron chi connectivity index (χ0n) is 13.5. The number of hydrogen-bond donors (Lipinski definition) is 1. The van der Waals surface area contributed by atoms with Gasteiger partial charge in [-0.05, 0) is 61.7 Å². The first kappa shape index (κ1) is 16.5. The lowest BCUT2D eigenvalue weighted by molar-refractivity contribution is 0.0679. The van der Waals surface area contributed by atoms with Crippen molar-refractivity contribution >= 4 is 11.6 Å². The van der Waals surface area contributed by atoms with E-state index in [2.05, 4.69) is 5.32 Å². The minimum atomic E-state index is -0.342. The van der Waals surface area contributed by atoms with E-state index in [4.69, 9.17) is 9.47 Å². The Morgan fingerprint density at radius 2 is 2.08 bits per heavy atom. The fourth-order valence-corrected chi connectivity index (χ4v) is 2.54. The topological polar surface area (TPSA) is 47.6 Å². The van der Waals surface area contributed by atoms with E-state index in [1.54, 1.807) is 43.3 Å². The average Bonchev–Trinajstić information content (AvgIpc) is 3.10. The molecule has 0 bridgehead atoms. The lowest BCUT2D eigenvalue weighted by atomic mass is 10.2. The summed E-state index contributed by atoms with van der Waals surface area (Å²) in [7, 11) is 0. The van der Waals surface area contributed by atoms with Crippen molar-refractivity contribution < 1.29 is 18.7 Å². The number of anilines is 1. The SMILES string of the molecule is Cc1ccc(NC(=O)c2ccc(OCC3CCCO3)cc2)cc1F. The van der Waals surface area contributed by atoms with Crippen LogP contribution in [0.3, 0.4) is 0 Å². The van der Waals surface area contributed by atoms with Crippen LogP contribution < -0.4 is 10.1 Å². The van der Waals surface area contributed by atoms with E-state index in [1.165, 1.54) is 6.07 Å². The number of halogens is 1. The van der Waals surface area contributed by atoms with E-state index < -0.39 is 0 Å². The zero-order chi connectivity index (χ0) is 16.9. The minimum absolute atomic E-state index is 0.157. The Labute approximate surface area is 140 Å². The van der Waals surface area contributed by atoms with E-state index in [1.807, 2.05) is 0 Å². The highest BCUT2D eigenvalue weighted by Crippen LogP contribution is 2.18. The van der Waals surface area contributed by atoms with Gasteiger partial charge in [0.1, 0.15) is 18.2 Å². The molecule has 0 aromatic heterocycles. The summed E-state index contributed by atoms with van der Waals surface area (Å²) in [5, 5.41) is 2.68. The summed E-state index contributed by atoms with van der Waals surface area (Å²) in [6.45, 7) is 3.00. The molecule has 0 aliphatic carbocycles. The number of benzene rings is 2. The molecule has 2 aromatic carbocycles. The van der Waals surface area contributed by atoms with Crippen molar-refractivity contribution in [2.24, 2.45) is 0 Å². The molecular weight excluding hydrogens is 309 g/mol. The first-order chi connectivity index (χ1) is 11.6. The van der Waals surface area contributed by atoms with Crippen LogP contribution in [0.1, 0.15) is 28.8 Å². The van der Waals surface area contributed by atoms with Crippen molar-refractivity contribution in [3.63, 3.8) is 0 Å². The van der Waals surface area contributed by atoms with E-state index >= 15 is 0 Å². The summed E-state index contributed by atoms with van der Waals surface area (Å²) in [5.41, 5.74) is 1.46. The van der Waals surface area contributed by atoms with Crippen LogP contribution >= 0.6 is 0 Å². The highest BCUT2D eigenvalue weighted by molar-refractivity contribution is 6.04. The summed E-state index contributed by atoms with van der Waals surface area (Å²) in [4.78, 5) is 12.2. The Balaban J connectivity index is 1.57. The second-order valence-electron chi connectivity index (χ2n) is 5.89. The third-order valence-electron chi connectivity index (χ3n) is 4.01. The second kappa shape index (κ2) is 7.45. The normalized spacial score (nSPS) is 16.8. The molecule has 3 rings (SSSR count). The van der Waals surface area contributed by atoms with Gasteiger partial charge >= 0.3 is 0 Å². The predicted octanol–water partition coefficient (Wildman–Crippen LogP) is 3.94. The van der Waals surface area contributed by atoms with Gasteiger partial charge in [-0.15, -0.1) is 0 Å². The van der Waals surface area contributed by atoms with E-state index in [9.17, 15) is 9.18 Å². The molecule has 0 spiro atoms. The van der Waals surface area contributed by atoms with Gasteiger partial charge in [0.25, 0.3) is 5.91 Å². The fraction of sp³-hybridized carbons (Fsp3) is 0.316. The molecular formula is C19H20FNO3. The number of carbonyl (C=O) groups excluding carboxylic acids is 1. The molecule has 2 aromatic rings. The van der Waals surface area contributed by atoms with Crippen molar-refractivity contribution in [1.82, 2.24) is 0 Å². The zero-order valence-corrected chi connectivity index (χ0v) is 13.5. The largest absolute Gasteiger partial charge is 0.491 e. The summed E-state index contributed by atoms with van der Waals surface area (Å²) in [6, 6.07) is 11.5. The van der Waals surface area contributed by atoms with Crippen molar-refractivity contribution in [3.8, 4) is 5.75 Å². The average molecular weight is 329 g/mol. The maximum Gasteiger partial charge on any atom is 0.255 e. The molecule has 24 heavy (non-hydrogen) atoms. The van der Waals surface area contributed by atoms with Gasteiger partial charge in [-0.3, -0.25) is 4.79 Å². The Hall–Kier alpha value is -2.40. The summed E-state index contributed by atoms with van der Waals surface area (Å²) < 4.78 is 24.7. The Kier molecular flexibility index (Phi) is 5.11. The van der Waals surface area contributed by atoms with Gasteiger partial charge < -0.3 is 14.8 Å². The molecule has 1 heterocycles. The standard InChI is InChI=1S/C19H20FNO3/c1-13-4-7-15(11-18(13)20)21-19(22)14-5-8-16(9-6-14)24-12-17-3-2-10-23-17/h4-9,11,17H,2-3,10,12H2,1H3,(H,21,22). The van der Waals surface area contributed by atoms with Gasteiger partial charge in [0.2, 0.25) is 0 Å². The van der Waals surface area contributed by atoms with Crippen molar-refractivity contribution in [3.05, 3.63) is 59.4 Å². The Morgan fingerprint density at radius 1 is 1.29 bits per heavy atom. The quantitative estimate of drug-likeness (QED) is 0.904. The van der Waals surface area contributed by atoms with Crippen LogP contribution in [-0.4, -0.2) is 25.2 Å². The molecule has 1 aliphatic heterocycles. The highest BCUT2D eigenvalue weighted by atomic mass is 19.1. The molecule has 1 N–H and O–H groups in total. The lowest BCUT2D eigenvalue weighted by Crippen LogP contribution is -2.16. The van der Waals surface area contributed by atoms with Gasteiger partial charge in [0, 0.05) is 17.9 Å². The number of amides is 1. The van der Waals surface area contributed by atoms with Gasteiger partial charge in [0.05, 0.1) is 6.10 Å². The van der Waals surface area contributed by atoms with Crippen molar-refractivity contribution in [2.45, 2.75) is 25.9 Å². The molecule has 5 heteroatoms. The van der Waals surface area contributed by atoms with Crippen LogP contribution in [0.15, 0.2) is 42.5 Å². The van der Waals surface area contributed by atoms with Crippen LogP contribution in [0.4, 0.5) is 10.1 Å².